The lowest BCUT2D eigenvalue weighted by molar-refractivity contribution is -0.101. The molecule has 2 aliphatic rings. The molecule has 1 saturated heterocycles. The monoisotopic (exact) mass is 211 g/mol. The van der Waals surface area contributed by atoms with Gasteiger partial charge in [0.25, 0.3) is 0 Å². The van der Waals surface area contributed by atoms with Gasteiger partial charge in [0.1, 0.15) is 0 Å². The molecule has 1 N–H and O–H groups in total. The lowest BCUT2D eigenvalue weighted by Gasteiger charge is -2.41. The van der Waals surface area contributed by atoms with Crippen LogP contribution in [0.4, 0.5) is 0 Å². The van der Waals surface area contributed by atoms with Crippen molar-refractivity contribution >= 4 is 0 Å². The van der Waals surface area contributed by atoms with Crippen LogP contribution in [-0.4, -0.2) is 25.8 Å². The van der Waals surface area contributed by atoms with Gasteiger partial charge in [0, 0.05) is 18.0 Å². The molecule has 0 radical (unpaired) electrons. The summed E-state index contributed by atoms with van der Waals surface area (Å²) in [7, 11) is 0. The topological polar surface area (TPSA) is 21.3 Å². The molecule has 1 aliphatic carbocycles. The third kappa shape index (κ3) is 2.73. The molecule has 88 valence electrons. The Morgan fingerprint density at radius 2 is 2.00 bits per heavy atom. The SMILES string of the molecule is CC1CCC(C)C(NCC2(C)COC2)C1. The summed E-state index contributed by atoms with van der Waals surface area (Å²) >= 11 is 0. The highest BCUT2D eigenvalue weighted by molar-refractivity contribution is 4.87. The Kier molecular flexibility index (Phi) is 3.36. The van der Waals surface area contributed by atoms with Crippen molar-refractivity contribution in [3.05, 3.63) is 0 Å². The van der Waals surface area contributed by atoms with Crippen molar-refractivity contribution in [2.45, 2.75) is 46.1 Å². The van der Waals surface area contributed by atoms with Gasteiger partial charge in [0.15, 0.2) is 0 Å². The molecule has 2 heteroatoms. The molecular weight excluding hydrogens is 186 g/mol. The molecule has 1 heterocycles. The number of nitrogens with one attached hydrogen (secondary N) is 1. The van der Waals surface area contributed by atoms with Crippen LogP contribution in [0, 0.1) is 17.3 Å². The maximum Gasteiger partial charge on any atom is 0.0554 e. The van der Waals surface area contributed by atoms with E-state index in [0.717, 1.165) is 37.6 Å². The molecule has 0 aromatic heterocycles. The zero-order valence-corrected chi connectivity index (χ0v) is 10.4. The molecule has 15 heavy (non-hydrogen) atoms. The molecule has 2 rings (SSSR count). The summed E-state index contributed by atoms with van der Waals surface area (Å²) in [5.41, 5.74) is 0.417. The third-order valence-electron chi connectivity index (χ3n) is 4.15. The van der Waals surface area contributed by atoms with Crippen LogP contribution in [-0.2, 0) is 4.74 Å². The second kappa shape index (κ2) is 4.42. The summed E-state index contributed by atoms with van der Waals surface area (Å²) in [6.45, 7) is 10.1. The summed E-state index contributed by atoms with van der Waals surface area (Å²) in [5, 5.41) is 3.76. The smallest absolute Gasteiger partial charge is 0.0554 e. The summed E-state index contributed by atoms with van der Waals surface area (Å²) in [5.74, 6) is 1.76. The van der Waals surface area contributed by atoms with Crippen LogP contribution >= 0.6 is 0 Å². The first-order chi connectivity index (χ1) is 7.09. The standard InChI is InChI=1S/C13H25NO/c1-10-4-5-11(2)12(6-10)14-7-13(3)8-15-9-13/h10-12,14H,4-9H2,1-3H3. The van der Waals surface area contributed by atoms with Gasteiger partial charge >= 0.3 is 0 Å². The summed E-state index contributed by atoms with van der Waals surface area (Å²) in [4.78, 5) is 0. The van der Waals surface area contributed by atoms with Crippen molar-refractivity contribution in [1.29, 1.82) is 0 Å². The second-order valence-corrected chi connectivity index (χ2v) is 6.19. The fourth-order valence-corrected chi connectivity index (χ4v) is 2.75. The lowest BCUT2D eigenvalue weighted by atomic mass is 9.79. The quantitative estimate of drug-likeness (QED) is 0.774. The van der Waals surface area contributed by atoms with Crippen molar-refractivity contribution in [2.24, 2.45) is 17.3 Å². The minimum atomic E-state index is 0.417. The number of ether oxygens (including phenoxy) is 1. The van der Waals surface area contributed by atoms with Crippen LogP contribution < -0.4 is 5.32 Å². The third-order valence-corrected chi connectivity index (χ3v) is 4.15. The Balaban J connectivity index is 1.77. The van der Waals surface area contributed by atoms with E-state index in [1.54, 1.807) is 0 Å². The Morgan fingerprint density at radius 1 is 1.27 bits per heavy atom. The average molecular weight is 211 g/mol. The van der Waals surface area contributed by atoms with Crippen molar-refractivity contribution in [3.63, 3.8) is 0 Å². The Hall–Kier alpha value is -0.0800. The van der Waals surface area contributed by atoms with E-state index in [9.17, 15) is 0 Å². The molecule has 3 unspecified atom stereocenters. The van der Waals surface area contributed by atoms with Gasteiger partial charge in [-0.1, -0.05) is 27.2 Å². The molecule has 0 bridgehead atoms. The molecule has 0 aromatic carbocycles. The lowest BCUT2D eigenvalue weighted by Crippen LogP contribution is -2.51. The molecule has 1 saturated carbocycles. The van der Waals surface area contributed by atoms with E-state index < -0.39 is 0 Å². The van der Waals surface area contributed by atoms with Crippen molar-refractivity contribution in [3.8, 4) is 0 Å². The first-order valence-corrected chi connectivity index (χ1v) is 6.40. The van der Waals surface area contributed by atoms with Gasteiger partial charge in [-0.25, -0.2) is 0 Å². The number of hydrogen-bond acceptors (Lipinski definition) is 2. The van der Waals surface area contributed by atoms with Gasteiger partial charge in [0.2, 0.25) is 0 Å². The highest BCUT2D eigenvalue weighted by atomic mass is 16.5. The summed E-state index contributed by atoms with van der Waals surface area (Å²) < 4.78 is 5.29. The normalized spacial score (nSPS) is 39.8. The fourth-order valence-electron chi connectivity index (χ4n) is 2.75. The van der Waals surface area contributed by atoms with Gasteiger partial charge in [-0.3, -0.25) is 0 Å². The molecule has 0 aromatic rings. The largest absolute Gasteiger partial charge is 0.380 e. The predicted octanol–water partition coefficient (Wildman–Crippen LogP) is 2.44. The predicted molar refractivity (Wildman–Crippen MR) is 62.9 cm³/mol. The zero-order chi connectivity index (χ0) is 10.9. The van der Waals surface area contributed by atoms with Gasteiger partial charge < -0.3 is 10.1 Å². The Labute approximate surface area is 93.8 Å². The van der Waals surface area contributed by atoms with Crippen LogP contribution in [0.2, 0.25) is 0 Å². The van der Waals surface area contributed by atoms with Gasteiger partial charge in [-0.15, -0.1) is 0 Å². The van der Waals surface area contributed by atoms with Gasteiger partial charge in [-0.05, 0) is 24.7 Å². The minimum absolute atomic E-state index is 0.417. The molecule has 0 spiro atoms. The van der Waals surface area contributed by atoms with Crippen LogP contribution in [0.3, 0.4) is 0 Å². The van der Waals surface area contributed by atoms with Crippen molar-refractivity contribution < 1.29 is 4.74 Å². The summed E-state index contributed by atoms with van der Waals surface area (Å²) in [6.07, 6.45) is 4.17. The number of hydrogen-bond donors (Lipinski definition) is 1. The molecule has 2 fully saturated rings. The van der Waals surface area contributed by atoms with E-state index in [1.807, 2.05) is 0 Å². The molecular formula is C13H25NO. The van der Waals surface area contributed by atoms with Crippen molar-refractivity contribution in [1.82, 2.24) is 5.32 Å². The minimum Gasteiger partial charge on any atom is -0.380 e. The Bertz CT molecular complexity index is 213. The maximum atomic E-state index is 5.29. The van der Waals surface area contributed by atoms with E-state index in [-0.39, 0.29) is 0 Å². The first kappa shape index (κ1) is 11.4. The second-order valence-electron chi connectivity index (χ2n) is 6.19. The number of rotatable bonds is 3. The van der Waals surface area contributed by atoms with Crippen LogP contribution in [0.5, 0.6) is 0 Å². The highest BCUT2D eigenvalue weighted by Gasteiger charge is 2.34. The molecule has 3 atom stereocenters. The maximum absolute atomic E-state index is 5.29. The first-order valence-electron chi connectivity index (χ1n) is 6.40. The van der Waals surface area contributed by atoms with Crippen LogP contribution in [0.1, 0.15) is 40.0 Å². The molecule has 0 amide bonds. The zero-order valence-electron chi connectivity index (χ0n) is 10.4. The van der Waals surface area contributed by atoms with Crippen LogP contribution in [0.25, 0.3) is 0 Å². The van der Waals surface area contributed by atoms with E-state index in [0.29, 0.717) is 5.41 Å². The van der Waals surface area contributed by atoms with Crippen molar-refractivity contribution in [2.75, 3.05) is 19.8 Å². The average Bonchev–Trinajstić information content (AvgIpc) is 2.17. The van der Waals surface area contributed by atoms with Gasteiger partial charge in [0.05, 0.1) is 13.2 Å². The fraction of sp³-hybridized carbons (Fsp3) is 1.00. The van der Waals surface area contributed by atoms with Gasteiger partial charge in [-0.2, -0.15) is 0 Å². The summed E-state index contributed by atoms with van der Waals surface area (Å²) in [6, 6.07) is 0.742. The highest BCUT2D eigenvalue weighted by Crippen LogP contribution is 2.30. The van der Waals surface area contributed by atoms with E-state index >= 15 is 0 Å². The molecule has 1 aliphatic heterocycles. The Morgan fingerprint density at radius 3 is 2.60 bits per heavy atom. The van der Waals surface area contributed by atoms with E-state index in [2.05, 4.69) is 26.1 Å². The van der Waals surface area contributed by atoms with Crippen LogP contribution in [0.15, 0.2) is 0 Å². The molecule has 2 nitrogen and oxygen atoms in total. The van der Waals surface area contributed by atoms with E-state index in [1.165, 1.54) is 19.3 Å². The van der Waals surface area contributed by atoms with E-state index in [4.69, 9.17) is 4.74 Å².